The van der Waals surface area contributed by atoms with Crippen molar-refractivity contribution < 1.29 is 4.74 Å². The van der Waals surface area contributed by atoms with Gasteiger partial charge < -0.3 is 4.74 Å². The molecule has 2 unspecified atom stereocenters. The molecule has 0 aromatic heterocycles. The van der Waals surface area contributed by atoms with Crippen LogP contribution in [-0.4, -0.2) is 36.7 Å². The Morgan fingerprint density at radius 3 is 2.23 bits per heavy atom. The molecule has 13 heavy (non-hydrogen) atoms. The Hall–Kier alpha value is -0.0800. The van der Waals surface area contributed by atoms with Gasteiger partial charge in [-0.25, -0.2) is 0 Å². The highest BCUT2D eigenvalue weighted by molar-refractivity contribution is 4.91. The molecule has 1 aliphatic rings. The van der Waals surface area contributed by atoms with Gasteiger partial charge in [-0.2, -0.15) is 0 Å². The van der Waals surface area contributed by atoms with Crippen LogP contribution >= 0.6 is 0 Å². The van der Waals surface area contributed by atoms with Crippen molar-refractivity contribution in [2.24, 2.45) is 5.92 Å². The van der Waals surface area contributed by atoms with Gasteiger partial charge in [0.25, 0.3) is 0 Å². The van der Waals surface area contributed by atoms with Gasteiger partial charge in [-0.05, 0) is 26.2 Å². The highest BCUT2D eigenvalue weighted by Crippen LogP contribution is 2.27. The van der Waals surface area contributed by atoms with E-state index >= 15 is 0 Å². The molecule has 0 saturated carbocycles. The van der Waals surface area contributed by atoms with Crippen LogP contribution in [-0.2, 0) is 4.74 Å². The molecule has 78 valence electrons. The second-order valence-corrected chi connectivity index (χ2v) is 4.63. The van der Waals surface area contributed by atoms with E-state index < -0.39 is 0 Å². The summed E-state index contributed by atoms with van der Waals surface area (Å²) in [4.78, 5) is 2.57. The fourth-order valence-electron chi connectivity index (χ4n) is 2.48. The normalized spacial score (nSPS) is 30.7. The molecule has 1 saturated heterocycles. The fraction of sp³-hybridized carbons (Fsp3) is 1.00. The quantitative estimate of drug-likeness (QED) is 0.668. The van der Waals surface area contributed by atoms with Gasteiger partial charge in [0.05, 0.1) is 6.10 Å². The Labute approximate surface area is 82.3 Å². The number of methoxy groups -OCH3 is 1. The number of rotatable bonds is 3. The molecular weight excluding hydrogens is 162 g/mol. The first kappa shape index (κ1) is 11.0. The summed E-state index contributed by atoms with van der Waals surface area (Å²) in [6.45, 7) is 10.3. The van der Waals surface area contributed by atoms with Gasteiger partial charge in [-0.1, -0.05) is 13.8 Å². The first-order chi connectivity index (χ1) is 6.07. The van der Waals surface area contributed by atoms with Gasteiger partial charge in [-0.3, -0.25) is 4.90 Å². The smallest absolute Gasteiger partial charge is 0.0741 e. The maximum Gasteiger partial charge on any atom is 0.0741 e. The summed E-state index contributed by atoms with van der Waals surface area (Å²) in [5, 5.41) is 0. The van der Waals surface area contributed by atoms with E-state index in [0.717, 1.165) is 0 Å². The zero-order chi connectivity index (χ0) is 10.0. The van der Waals surface area contributed by atoms with Crippen LogP contribution in [0.15, 0.2) is 0 Å². The predicted octanol–water partition coefficient (Wildman–Crippen LogP) is 2.14. The Kier molecular flexibility index (Phi) is 3.74. The predicted molar refractivity (Wildman–Crippen MR) is 55.9 cm³/mol. The lowest BCUT2D eigenvalue weighted by molar-refractivity contribution is 0.0365. The summed E-state index contributed by atoms with van der Waals surface area (Å²) in [5.74, 6) is 0.690. The van der Waals surface area contributed by atoms with Crippen molar-refractivity contribution in [1.29, 1.82) is 0 Å². The second-order valence-electron chi connectivity index (χ2n) is 4.63. The molecule has 0 aliphatic carbocycles. The lowest BCUT2D eigenvalue weighted by Crippen LogP contribution is -2.43. The minimum absolute atomic E-state index is 0.447. The van der Waals surface area contributed by atoms with Crippen LogP contribution in [0.2, 0.25) is 0 Å². The SMILES string of the molecule is COC1CCN(C(C)C)C1C(C)C. The van der Waals surface area contributed by atoms with E-state index in [2.05, 4.69) is 32.6 Å². The average molecular weight is 185 g/mol. The van der Waals surface area contributed by atoms with Crippen LogP contribution < -0.4 is 0 Å². The molecule has 0 aromatic rings. The van der Waals surface area contributed by atoms with Crippen LogP contribution in [0.1, 0.15) is 34.1 Å². The van der Waals surface area contributed by atoms with Crippen LogP contribution in [0, 0.1) is 5.92 Å². The number of ether oxygens (including phenoxy) is 1. The van der Waals surface area contributed by atoms with Gasteiger partial charge >= 0.3 is 0 Å². The highest BCUT2D eigenvalue weighted by atomic mass is 16.5. The molecule has 1 aliphatic heterocycles. The maximum atomic E-state index is 5.52. The van der Waals surface area contributed by atoms with Crippen LogP contribution in [0.4, 0.5) is 0 Å². The number of hydrogen-bond donors (Lipinski definition) is 0. The topological polar surface area (TPSA) is 12.5 Å². The summed E-state index contributed by atoms with van der Waals surface area (Å²) < 4.78 is 5.52. The zero-order valence-electron chi connectivity index (χ0n) is 9.58. The molecule has 0 bridgehead atoms. The van der Waals surface area contributed by atoms with E-state index in [9.17, 15) is 0 Å². The van der Waals surface area contributed by atoms with Crippen molar-refractivity contribution in [3.05, 3.63) is 0 Å². The Morgan fingerprint density at radius 1 is 1.23 bits per heavy atom. The molecule has 1 heterocycles. The third-order valence-electron chi connectivity index (χ3n) is 3.08. The van der Waals surface area contributed by atoms with Gasteiger partial charge in [0.2, 0.25) is 0 Å². The van der Waals surface area contributed by atoms with E-state index in [1.807, 2.05) is 7.11 Å². The van der Waals surface area contributed by atoms with Crippen molar-refractivity contribution in [2.75, 3.05) is 13.7 Å². The molecule has 2 atom stereocenters. The summed E-state index contributed by atoms with van der Waals surface area (Å²) in [6.07, 6.45) is 1.64. The monoisotopic (exact) mass is 185 g/mol. The molecule has 0 aromatic carbocycles. The zero-order valence-corrected chi connectivity index (χ0v) is 9.58. The van der Waals surface area contributed by atoms with Crippen LogP contribution in [0.5, 0.6) is 0 Å². The van der Waals surface area contributed by atoms with Gasteiger partial charge in [0.1, 0.15) is 0 Å². The molecular formula is C11H23NO. The summed E-state index contributed by atoms with van der Waals surface area (Å²) in [7, 11) is 1.84. The Morgan fingerprint density at radius 2 is 1.85 bits per heavy atom. The first-order valence-corrected chi connectivity index (χ1v) is 5.36. The van der Waals surface area contributed by atoms with Gasteiger partial charge in [-0.15, -0.1) is 0 Å². The van der Waals surface area contributed by atoms with Crippen LogP contribution in [0.3, 0.4) is 0 Å². The minimum Gasteiger partial charge on any atom is -0.380 e. The van der Waals surface area contributed by atoms with Crippen molar-refractivity contribution >= 4 is 0 Å². The molecule has 1 fully saturated rings. The summed E-state index contributed by atoms with van der Waals surface area (Å²) >= 11 is 0. The lowest BCUT2D eigenvalue weighted by Gasteiger charge is -2.33. The number of likely N-dealkylation sites (tertiary alicyclic amines) is 1. The molecule has 0 amide bonds. The third-order valence-corrected chi connectivity index (χ3v) is 3.08. The lowest BCUT2D eigenvalue weighted by atomic mass is 9.98. The van der Waals surface area contributed by atoms with E-state index in [0.29, 0.717) is 24.1 Å². The molecule has 2 nitrogen and oxygen atoms in total. The summed E-state index contributed by atoms with van der Waals surface area (Å²) in [5.41, 5.74) is 0. The van der Waals surface area contributed by atoms with Crippen molar-refractivity contribution in [1.82, 2.24) is 4.90 Å². The first-order valence-electron chi connectivity index (χ1n) is 5.36. The minimum atomic E-state index is 0.447. The molecule has 0 N–H and O–H groups in total. The Balaban J connectivity index is 2.67. The van der Waals surface area contributed by atoms with Gasteiger partial charge in [0, 0.05) is 25.7 Å². The van der Waals surface area contributed by atoms with E-state index in [4.69, 9.17) is 4.74 Å². The molecule has 1 rings (SSSR count). The average Bonchev–Trinajstić information content (AvgIpc) is 2.46. The van der Waals surface area contributed by atoms with Crippen molar-refractivity contribution in [3.8, 4) is 0 Å². The number of nitrogens with zero attached hydrogens (tertiary/aromatic N) is 1. The highest BCUT2D eigenvalue weighted by Gasteiger charge is 2.37. The number of hydrogen-bond acceptors (Lipinski definition) is 2. The van der Waals surface area contributed by atoms with Crippen molar-refractivity contribution in [3.63, 3.8) is 0 Å². The van der Waals surface area contributed by atoms with E-state index in [-0.39, 0.29) is 0 Å². The van der Waals surface area contributed by atoms with Crippen molar-refractivity contribution in [2.45, 2.75) is 52.3 Å². The maximum absolute atomic E-state index is 5.52. The largest absolute Gasteiger partial charge is 0.380 e. The molecule has 0 spiro atoms. The van der Waals surface area contributed by atoms with E-state index in [1.165, 1.54) is 13.0 Å². The summed E-state index contributed by atoms with van der Waals surface area (Å²) in [6, 6.07) is 1.26. The molecule has 0 radical (unpaired) electrons. The third kappa shape index (κ3) is 2.23. The fourth-order valence-corrected chi connectivity index (χ4v) is 2.48. The molecule has 2 heteroatoms. The van der Waals surface area contributed by atoms with Crippen LogP contribution in [0.25, 0.3) is 0 Å². The van der Waals surface area contributed by atoms with Gasteiger partial charge in [0.15, 0.2) is 0 Å². The van der Waals surface area contributed by atoms with E-state index in [1.54, 1.807) is 0 Å². The standard InChI is InChI=1S/C11H23NO/c1-8(2)11-10(13-5)6-7-12(11)9(3)4/h8-11H,6-7H2,1-5H3. The second kappa shape index (κ2) is 4.43. The Bertz CT molecular complexity index is 156.